The van der Waals surface area contributed by atoms with Crippen LogP contribution in [0.2, 0.25) is 5.02 Å². The van der Waals surface area contributed by atoms with E-state index in [1.807, 2.05) is 21.0 Å². The van der Waals surface area contributed by atoms with E-state index in [-0.39, 0.29) is 10.6 Å². The van der Waals surface area contributed by atoms with Crippen LogP contribution in [0.25, 0.3) is 0 Å². The molecule has 1 unspecified atom stereocenters. The summed E-state index contributed by atoms with van der Waals surface area (Å²) in [6.45, 7) is 5.39. The molecule has 0 amide bonds. The largest absolute Gasteiger partial charge is 0.381 e. The summed E-state index contributed by atoms with van der Waals surface area (Å²) in [6, 6.07) is 0.346. The topological polar surface area (TPSA) is 50.2 Å². The smallest absolute Gasteiger partial charge is 0.287 e. The highest BCUT2D eigenvalue weighted by Gasteiger charge is 2.10. The molecule has 1 N–H and O–H groups in total. The molecule has 0 aromatic carbocycles. The van der Waals surface area contributed by atoms with Gasteiger partial charge in [0, 0.05) is 19.1 Å². The van der Waals surface area contributed by atoms with Crippen molar-refractivity contribution in [2.45, 2.75) is 32.9 Å². The second-order valence-electron chi connectivity index (χ2n) is 4.59. The Morgan fingerprint density at radius 2 is 2.22 bits per heavy atom. The minimum Gasteiger partial charge on any atom is -0.381 e. The third kappa shape index (κ3) is 3.71. The molecule has 1 atom stereocenters. The highest BCUT2D eigenvalue weighted by atomic mass is 35.5. The number of aryl methyl sites for hydroxylation is 1. The maximum Gasteiger partial charge on any atom is 0.287 e. The Morgan fingerprint density at radius 1 is 1.56 bits per heavy atom. The Balaban J connectivity index is 2.79. The van der Waals surface area contributed by atoms with Gasteiger partial charge in [-0.15, -0.1) is 0 Å². The van der Waals surface area contributed by atoms with Gasteiger partial charge >= 0.3 is 0 Å². The Morgan fingerprint density at radius 3 is 2.78 bits per heavy atom. The number of hydrogen-bond donors (Lipinski definition) is 1. The summed E-state index contributed by atoms with van der Waals surface area (Å²) in [7, 11) is 4.01. The first-order chi connectivity index (χ1) is 8.47. The zero-order valence-electron chi connectivity index (χ0n) is 11.4. The minimum atomic E-state index is -0.235. The molecule has 0 aliphatic rings. The van der Waals surface area contributed by atoms with Crippen LogP contribution in [0.5, 0.6) is 0 Å². The Bertz CT molecular complexity index is 444. The maximum absolute atomic E-state index is 11.9. The standard InChI is InChI=1S/C12H21ClN4O/c1-5-6-17-12(18)11(13)10(8-15-17)14-7-9(2)16(3)4/h8-9,14H,5-7H2,1-4H3. The Kier molecular flexibility index (Phi) is 5.62. The van der Waals surface area contributed by atoms with Crippen molar-refractivity contribution in [3.8, 4) is 0 Å². The molecule has 1 rings (SSSR count). The first kappa shape index (κ1) is 15.0. The van der Waals surface area contributed by atoms with Gasteiger partial charge in [-0.3, -0.25) is 4.79 Å². The lowest BCUT2D eigenvalue weighted by Gasteiger charge is -2.20. The maximum atomic E-state index is 11.9. The molecule has 0 radical (unpaired) electrons. The van der Waals surface area contributed by atoms with Crippen LogP contribution in [0.15, 0.2) is 11.0 Å². The number of nitrogens with zero attached hydrogens (tertiary/aromatic N) is 3. The quantitative estimate of drug-likeness (QED) is 0.856. The van der Waals surface area contributed by atoms with Gasteiger partial charge in [0.15, 0.2) is 0 Å². The molecule has 1 aromatic rings. The number of likely N-dealkylation sites (N-methyl/N-ethyl adjacent to an activating group) is 1. The average molecular weight is 273 g/mol. The molecular weight excluding hydrogens is 252 g/mol. The minimum absolute atomic E-state index is 0.212. The first-order valence-electron chi connectivity index (χ1n) is 6.13. The van der Waals surface area contributed by atoms with E-state index in [0.29, 0.717) is 24.8 Å². The number of halogens is 1. The molecule has 0 aliphatic carbocycles. The fraction of sp³-hybridized carbons (Fsp3) is 0.667. The van der Waals surface area contributed by atoms with E-state index in [1.165, 1.54) is 4.68 Å². The van der Waals surface area contributed by atoms with Crippen molar-refractivity contribution in [1.82, 2.24) is 14.7 Å². The molecule has 6 heteroatoms. The lowest BCUT2D eigenvalue weighted by molar-refractivity contribution is 0.326. The van der Waals surface area contributed by atoms with E-state index in [2.05, 4.69) is 22.2 Å². The van der Waals surface area contributed by atoms with Crippen molar-refractivity contribution >= 4 is 17.3 Å². The van der Waals surface area contributed by atoms with Crippen LogP contribution >= 0.6 is 11.6 Å². The molecule has 0 spiro atoms. The summed E-state index contributed by atoms with van der Waals surface area (Å²) in [6.07, 6.45) is 2.47. The molecule has 0 bridgehead atoms. The summed E-state index contributed by atoms with van der Waals surface area (Å²) in [5.41, 5.74) is 0.365. The molecule has 0 aliphatic heterocycles. The zero-order chi connectivity index (χ0) is 13.7. The van der Waals surface area contributed by atoms with Gasteiger partial charge in [-0.25, -0.2) is 4.68 Å². The summed E-state index contributed by atoms with van der Waals surface area (Å²) in [4.78, 5) is 14.0. The SMILES string of the molecule is CCCn1ncc(NCC(C)N(C)C)c(Cl)c1=O. The summed E-state index contributed by atoms with van der Waals surface area (Å²) >= 11 is 6.05. The molecule has 0 fully saturated rings. The van der Waals surface area contributed by atoms with Crippen molar-refractivity contribution in [3.05, 3.63) is 21.6 Å². The van der Waals surface area contributed by atoms with Crippen molar-refractivity contribution in [2.24, 2.45) is 0 Å². The van der Waals surface area contributed by atoms with Crippen LogP contribution in [-0.2, 0) is 6.54 Å². The zero-order valence-corrected chi connectivity index (χ0v) is 12.2. The van der Waals surface area contributed by atoms with Gasteiger partial charge in [0.25, 0.3) is 5.56 Å². The van der Waals surface area contributed by atoms with Crippen LogP contribution in [-0.4, -0.2) is 41.4 Å². The van der Waals surface area contributed by atoms with Crippen LogP contribution in [0.3, 0.4) is 0 Å². The molecule has 1 heterocycles. The average Bonchev–Trinajstić information content (AvgIpc) is 2.33. The third-order valence-electron chi connectivity index (χ3n) is 2.89. The van der Waals surface area contributed by atoms with E-state index in [1.54, 1.807) is 6.20 Å². The molecule has 5 nitrogen and oxygen atoms in total. The van der Waals surface area contributed by atoms with E-state index >= 15 is 0 Å². The van der Waals surface area contributed by atoms with Crippen LogP contribution in [0, 0.1) is 0 Å². The molecular formula is C12H21ClN4O. The van der Waals surface area contributed by atoms with E-state index in [0.717, 1.165) is 6.42 Å². The fourth-order valence-electron chi connectivity index (χ4n) is 1.40. The van der Waals surface area contributed by atoms with E-state index in [4.69, 9.17) is 11.6 Å². The van der Waals surface area contributed by atoms with Crippen LogP contribution in [0.1, 0.15) is 20.3 Å². The van der Waals surface area contributed by atoms with Crippen molar-refractivity contribution in [2.75, 3.05) is 26.0 Å². The summed E-state index contributed by atoms with van der Waals surface area (Å²) in [5, 5.41) is 7.46. The molecule has 0 saturated carbocycles. The van der Waals surface area contributed by atoms with Gasteiger partial charge in [-0.05, 0) is 27.4 Å². The summed E-state index contributed by atoms with van der Waals surface area (Å²) < 4.78 is 1.39. The second-order valence-corrected chi connectivity index (χ2v) is 4.97. The van der Waals surface area contributed by atoms with Crippen LogP contribution < -0.4 is 10.9 Å². The van der Waals surface area contributed by atoms with Gasteiger partial charge in [0.2, 0.25) is 0 Å². The van der Waals surface area contributed by atoms with Crippen LogP contribution in [0.4, 0.5) is 5.69 Å². The second kappa shape index (κ2) is 6.75. The highest BCUT2D eigenvalue weighted by molar-refractivity contribution is 6.32. The molecule has 0 saturated heterocycles. The monoisotopic (exact) mass is 272 g/mol. The first-order valence-corrected chi connectivity index (χ1v) is 6.51. The normalized spacial score (nSPS) is 12.8. The number of anilines is 1. The third-order valence-corrected chi connectivity index (χ3v) is 3.26. The van der Waals surface area contributed by atoms with Crippen molar-refractivity contribution in [1.29, 1.82) is 0 Å². The van der Waals surface area contributed by atoms with Crippen molar-refractivity contribution in [3.63, 3.8) is 0 Å². The van der Waals surface area contributed by atoms with Gasteiger partial charge < -0.3 is 10.2 Å². The molecule has 102 valence electrons. The van der Waals surface area contributed by atoms with Gasteiger partial charge in [0.1, 0.15) is 5.02 Å². The lowest BCUT2D eigenvalue weighted by Crippen LogP contribution is -2.32. The summed E-state index contributed by atoms with van der Waals surface area (Å²) in [5.74, 6) is 0. The Hall–Kier alpha value is -1.07. The predicted molar refractivity (Wildman–Crippen MR) is 75.4 cm³/mol. The molecule has 18 heavy (non-hydrogen) atoms. The lowest BCUT2D eigenvalue weighted by atomic mass is 10.3. The molecule has 1 aromatic heterocycles. The highest BCUT2D eigenvalue weighted by Crippen LogP contribution is 2.15. The predicted octanol–water partition coefficient (Wildman–Crippen LogP) is 1.67. The number of aromatic nitrogens is 2. The van der Waals surface area contributed by atoms with Crippen molar-refractivity contribution < 1.29 is 0 Å². The van der Waals surface area contributed by atoms with Gasteiger partial charge in [-0.1, -0.05) is 18.5 Å². The number of nitrogens with one attached hydrogen (secondary N) is 1. The van der Waals surface area contributed by atoms with E-state index in [9.17, 15) is 4.79 Å². The number of rotatable bonds is 6. The van der Waals surface area contributed by atoms with Gasteiger partial charge in [-0.2, -0.15) is 5.10 Å². The number of hydrogen-bond acceptors (Lipinski definition) is 4. The van der Waals surface area contributed by atoms with Gasteiger partial charge in [0.05, 0.1) is 11.9 Å². The fourth-order valence-corrected chi connectivity index (χ4v) is 1.61. The van der Waals surface area contributed by atoms with E-state index < -0.39 is 0 Å². The Labute approximate surface area is 113 Å².